The van der Waals surface area contributed by atoms with Crippen LogP contribution >= 0.6 is 11.6 Å². The smallest absolute Gasteiger partial charge is 0.331 e. The molecular formula is C6H5ClF2N2O. The molecule has 0 saturated heterocycles. The van der Waals surface area contributed by atoms with Crippen LogP contribution in [0.4, 0.5) is 8.78 Å². The molecule has 1 heterocycles. The number of aryl methyl sites for hydroxylation is 1. The maximum Gasteiger partial charge on any atom is 0.388 e. The SMILES string of the molecule is Cn1ccnc1C(=O)C(F)(F)Cl. The van der Waals surface area contributed by atoms with Gasteiger partial charge >= 0.3 is 5.38 Å². The van der Waals surface area contributed by atoms with E-state index in [2.05, 4.69) is 16.6 Å². The minimum absolute atomic E-state index is 0.352. The zero-order chi connectivity index (χ0) is 9.35. The van der Waals surface area contributed by atoms with Gasteiger partial charge in [0, 0.05) is 19.4 Å². The standard InChI is InChI=1S/C6H5ClF2N2O/c1-11-3-2-10-5(11)4(12)6(7,8)9/h2-3H,1H3. The van der Waals surface area contributed by atoms with Crippen molar-refractivity contribution in [3.63, 3.8) is 0 Å². The van der Waals surface area contributed by atoms with Crippen LogP contribution in [0.5, 0.6) is 0 Å². The van der Waals surface area contributed by atoms with E-state index in [0.717, 1.165) is 0 Å². The zero-order valence-electron chi connectivity index (χ0n) is 6.09. The van der Waals surface area contributed by atoms with Gasteiger partial charge in [0.1, 0.15) is 0 Å². The quantitative estimate of drug-likeness (QED) is 0.527. The van der Waals surface area contributed by atoms with Gasteiger partial charge in [-0.1, -0.05) is 0 Å². The molecule has 0 amide bonds. The molecule has 12 heavy (non-hydrogen) atoms. The second-order valence-electron chi connectivity index (χ2n) is 2.19. The minimum Gasteiger partial charge on any atom is -0.331 e. The number of carbonyl (C=O) groups is 1. The molecule has 0 aliphatic heterocycles. The second kappa shape index (κ2) is 2.82. The summed E-state index contributed by atoms with van der Waals surface area (Å²) < 4.78 is 25.6. The van der Waals surface area contributed by atoms with E-state index in [0.29, 0.717) is 0 Å². The third-order valence-corrected chi connectivity index (χ3v) is 1.45. The highest BCUT2D eigenvalue weighted by Gasteiger charge is 2.38. The van der Waals surface area contributed by atoms with E-state index in [9.17, 15) is 13.6 Å². The first-order chi connectivity index (χ1) is 5.43. The molecule has 1 aromatic rings. The Morgan fingerprint density at radius 2 is 2.33 bits per heavy atom. The number of carbonyl (C=O) groups excluding carboxylic acids is 1. The first-order valence-corrected chi connectivity index (χ1v) is 3.39. The second-order valence-corrected chi connectivity index (χ2v) is 2.66. The predicted octanol–water partition coefficient (Wildman–Crippen LogP) is 1.43. The molecule has 66 valence electrons. The first-order valence-electron chi connectivity index (χ1n) is 3.02. The summed E-state index contributed by atoms with van der Waals surface area (Å²) in [5.74, 6) is -1.84. The Morgan fingerprint density at radius 3 is 2.67 bits per heavy atom. The minimum atomic E-state index is -3.88. The molecule has 0 bridgehead atoms. The molecule has 0 atom stereocenters. The molecular weight excluding hydrogens is 190 g/mol. The van der Waals surface area contributed by atoms with Crippen LogP contribution < -0.4 is 0 Å². The molecule has 0 aliphatic carbocycles. The molecule has 0 unspecified atom stereocenters. The number of hydrogen-bond donors (Lipinski definition) is 0. The number of rotatable bonds is 2. The molecule has 0 aliphatic rings. The Bertz CT molecular complexity index is 305. The zero-order valence-corrected chi connectivity index (χ0v) is 6.85. The van der Waals surface area contributed by atoms with E-state index in [1.807, 2.05) is 0 Å². The molecule has 1 rings (SSSR count). The van der Waals surface area contributed by atoms with Crippen molar-refractivity contribution in [1.82, 2.24) is 9.55 Å². The van der Waals surface area contributed by atoms with Crippen molar-refractivity contribution in [3.05, 3.63) is 18.2 Å². The van der Waals surface area contributed by atoms with Crippen LogP contribution in [0.15, 0.2) is 12.4 Å². The lowest BCUT2D eigenvalue weighted by Crippen LogP contribution is -2.24. The molecule has 3 nitrogen and oxygen atoms in total. The Balaban J connectivity index is 3.01. The van der Waals surface area contributed by atoms with Crippen LogP contribution in [0, 0.1) is 0 Å². The number of aromatic nitrogens is 2. The van der Waals surface area contributed by atoms with Gasteiger partial charge in [0.05, 0.1) is 0 Å². The Morgan fingerprint density at radius 1 is 1.75 bits per heavy atom. The summed E-state index contributed by atoms with van der Waals surface area (Å²) in [5, 5.41) is -3.88. The lowest BCUT2D eigenvalue weighted by atomic mass is 10.4. The highest BCUT2D eigenvalue weighted by atomic mass is 35.5. The maximum absolute atomic E-state index is 12.2. The Labute approximate surface area is 72.0 Å². The number of halogens is 3. The number of hydrogen-bond acceptors (Lipinski definition) is 2. The fourth-order valence-electron chi connectivity index (χ4n) is 0.711. The monoisotopic (exact) mass is 194 g/mol. The fraction of sp³-hybridized carbons (Fsp3) is 0.333. The van der Waals surface area contributed by atoms with E-state index in [-0.39, 0.29) is 5.82 Å². The van der Waals surface area contributed by atoms with Crippen molar-refractivity contribution in [2.45, 2.75) is 5.38 Å². The summed E-state index contributed by atoms with van der Waals surface area (Å²) in [6.07, 6.45) is 2.63. The summed E-state index contributed by atoms with van der Waals surface area (Å²) in [7, 11) is 1.43. The fourth-order valence-corrected chi connectivity index (χ4v) is 0.796. The van der Waals surface area contributed by atoms with Crippen LogP contribution in [-0.4, -0.2) is 20.7 Å². The van der Waals surface area contributed by atoms with Crippen molar-refractivity contribution < 1.29 is 13.6 Å². The Hall–Kier alpha value is -0.970. The molecule has 0 fully saturated rings. The topological polar surface area (TPSA) is 34.9 Å². The van der Waals surface area contributed by atoms with Gasteiger partial charge in [0.2, 0.25) is 0 Å². The predicted molar refractivity (Wildman–Crippen MR) is 38.3 cm³/mol. The van der Waals surface area contributed by atoms with Gasteiger partial charge in [-0.25, -0.2) is 4.98 Å². The molecule has 0 N–H and O–H groups in total. The van der Waals surface area contributed by atoms with E-state index < -0.39 is 11.2 Å². The van der Waals surface area contributed by atoms with Crippen LogP contribution in [0.3, 0.4) is 0 Å². The lowest BCUT2D eigenvalue weighted by molar-refractivity contribution is 0.0521. The highest BCUT2D eigenvalue weighted by Crippen LogP contribution is 2.23. The van der Waals surface area contributed by atoms with E-state index in [4.69, 9.17) is 0 Å². The third kappa shape index (κ3) is 1.61. The molecule has 0 saturated carbocycles. The van der Waals surface area contributed by atoms with Crippen molar-refractivity contribution in [2.75, 3.05) is 0 Å². The van der Waals surface area contributed by atoms with Crippen molar-refractivity contribution in [1.29, 1.82) is 0 Å². The van der Waals surface area contributed by atoms with E-state index in [1.165, 1.54) is 24.0 Å². The molecule has 1 aromatic heterocycles. The largest absolute Gasteiger partial charge is 0.388 e. The maximum atomic E-state index is 12.2. The number of imidazole rings is 1. The summed E-state index contributed by atoms with van der Waals surface area (Å²) in [4.78, 5) is 14.2. The summed E-state index contributed by atoms with van der Waals surface area (Å²) >= 11 is 4.51. The molecule has 6 heteroatoms. The molecule has 0 spiro atoms. The average Bonchev–Trinajstić information content (AvgIpc) is 2.31. The number of nitrogens with zero attached hydrogens (tertiary/aromatic N) is 2. The summed E-state index contributed by atoms with van der Waals surface area (Å²) in [6.45, 7) is 0. The van der Waals surface area contributed by atoms with E-state index in [1.54, 1.807) is 0 Å². The number of alkyl halides is 3. The molecule has 0 aromatic carbocycles. The van der Waals surface area contributed by atoms with Crippen LogP contribution in [-0.2, 0) is 7.05 Å². The van der Waals surface area contributed by atoms with Gasteiger partial charge in [0.25, 0.3) is 5.78 Å². The summed E-state index contributed by atoms with van der Waals surface area (Å²) in [5.41, 5.74) is 0. The summed E-state index contributed by atoms with van der Waals surface area (Å²) in [6, 6.07) is 0. The highest BCUT2D eigenvalue weighted by molar-refractivity contribution is 6.34. The normalized spacial score (nSPS) is 11.7. The Kier molecular flexibility index (Phi) is 2.14. The van der Waals surface area contributed by atoms with Gasteiger partial charge in [-0.05, 0) is 11.6 Å². The van der Waals surface area contributed by atoms with Gasteiger partial charge in [0.15, 0.2) is 5.82 Å². The van der Waals surface area contributed by atoms with Gasteiger partial charge in [-0.2, -0.15) is 8.78 Å². The van der Waals surface area contributed by atoms with Crippen LogP contribution in [0.2, 0.25) is 0 Å². The van der Waals surface area contributed by atoms with Crippen molar-refractivity contribution >= 4 is 17.4 Å². The number of ketones is 1. The van der Waals surface area contributed by atoms with Gasteiger partial charge < -0.3 is 4.57 Å². The third-order valence-electron chi connectivity index (χ3n) is 1.28. The van der Waals surface area contributed by atoms with Crippen LogP contribution in [0.25, 0.3) is 0 Å². The average molecular weight is 195 g/mol. The lowest BCUT2D eigenvalue weighted by Gasteiger charge is -2.05. The van der Waals surface area contributed by atoms with Gasteiger partial charge in [-0.3, -0.25) is 4.79 Å². The van der Waals surface area contributed by atoms with Crippen LogP contribution in [0.1, 0.15) is 10.6 Å². The molecule has 0 radical (unpaired) electrons. The number of Topliss-reactive ketones (excluding diaryl/α,β-unsaturated/α-hetero) is 1. The van der Waals surface area contributed by atoms with Crippen molar-refractivity contribution in [3.8, 4) is 0 Å². The van der Waals surface area contributed by atoms with Crippen molar-refractivity contribution in [2.24, 2.45) is 7.05 Å². The first kappa shape index (κ1) is 9.12. The van der Waals surface area contributed by atoms with Gasteiger partial charge in [-0.15, -0.1) is 0 Å². The van der Waals surface area contributed by atoms with E-state index >= 15 is 0 Å².